The molecule has 1 fully saturated rings. The number of hydrogen-bond acceptors (Lipinski definition) is 4. The van der Waals surface area contributed by atoms with Gasteiger partial charge in [-0.15, -0.1) is 0 Å². The van der Waals surface area contributed by atoms with Crippen LogP contribution in [-0.2, 0) is 11.3 Å². The Hall–Kier alpha value is -3.68. The summed E-state index contributed by atoms with van der Waals surface area (Å²) < 4.78 is 20.4. The molecule has 1 unspecified atom stereocenters. The quantitative estimate of drug-likeness (QED) is 0.689. The smallest absolute Gasteiger partial charge is 0.329 e. The monoisotopic (exact) mass is 380 g/mol. The first-order valence-electron chi connectivity index (χ1n) is 8.62. The minimum absolute atomic E-state index is 0.224. The zero-order valence-corrected chi connectivity index (χ0v) is 15.0. The summed E-state index contributed by atoms with van der Waals surface area (Å²) in [6.45, 7) is 1.89. The molecule has 3 amide bonds. The van der Waals surface area contributed by atoms with Crippen molar-refractivity contribution in [1.29, 1.82) is 0 Å². The zero-order valence-electron chi connectivity index (χ0n) is 15.0. The van der Waals surface area contributed by atoms with E-state index in [0.717, 1.165) is 4.90 Å². The average Bonchev–Trinajstić information content (AvgIpc) is 3.23. The van der Waals surface area contributed by atoms with Crippen LogP contribution in [0.3, 0.4) is 0 Å². The summed E-state index contributed by atoms with van der Waals surface area (Å²) in [5, 5.41) is 6.82. The van der Waals surface area contributed by atoms with Crippen LogP contribution in [0.2, 0.25) is 0 Å². The molecule has 1 N–H and O–H groups in total. The molecule has 1 saturated heterocycles. The van der Waals surface area contributed by atoms with Crippen LogP contribution < -0.4 is 15.0 Å². The van der Waals surface area contributed by atoms with Crippen molar-refractivity contribution >= 4 is 17.6 Å². The molecular weight excluding hydrogens is 363 g/mol. The molecule has 4 rings (SSSR count). The molecular formula is C20H17FN4O3. The van der Waals surface area contributed by atoms with Gasteiger partial charge in [-0.3, -0.25) is 9.48 Å². The molecule has 3 aromatic rings. The minimum Gasteiger partial charge on any atom is -0.457 e. The molecule has 142 valence electrons. The highest BCUT2D eigenvalue weighted by atomic mass is 19.1. The van der Waals surface area contributed by atoms with Crippen LogP contribution in [-0.4, -0.2) is 27.3 Å². The van der Waals surface area contributed by atoms with Crippen molar-refractivity contribution in [3.8, 4) is 11.5 Å². The predicted octanol–water partition coefficient (Wildman–Crippen LogP) is 3.33. The van der Waals surface area contributed by atoms with E-state index in [1.165, 1.54) is 12.1 Å². The third-order valence-electron chi connectivity index (χ3n) is 4.43. The molecule has 1 atom stereocenters. The number of carbonyl (C=O) groups excluding carboxylic acids is 2. The highest BCUT2D eigenvalue weighted by Gasteiger charge is 2.48. The average molecular weight is 380 g/mol. The van der Waals surface area contributed by atoms with Gasteiger partial charge in [0, 0.05) is 18.5 Å². The molecule has 7 nitrogen and oxygen atoms in total. The molecule has 0 saturated carbocycles. The number of halogens is 1. The number of aromatic nitrogens is 2. The van der Waals surface area contributed by atoms with Crippen molar-refractivity contribution < 1.29 is 18.7 Å². The van der Waals surface area contributed by atoms with Gasteiger partial charge in [0.05, 0.1) is 12.2 Å². The van der Waals surface area contributed by atoms with E-state index in [9.17, 15) is 14.0 Å². The van der Waals surface area contributed by atoms with Gasteiger partial charge in [-0.25, -0.2) is 14.1 Å². The lowest BCUT2D eigenvalue weighted by atomic mass is 10.0. The molecule has 1 aliphatic heterocycles. The van der Waals surface area contributed by atoms with Crippen LogP contribution in [0, 0.1) is 5.82 Å². The fourth-order valence-corrected chi connectivity index (χ4v) is 3.07. The molecule has 0 bridgehead atoms. The van der Waals surface area contributed by atoms with Crippen molar-refractivity contribution in [3.05, 3.63) is 72.8 Å². The van der Waals surface area contributed by atoms with Crippen LogP contribution in [0.25, 0.3) is 0 Å². The van der Waals surface area contributed by atoms with Gasteiger partial charge in [-0.2, -0.15) is 5.10 Å². The highest BCUT2D eigenvalue weighted by molar-refractivity contribution is 6.23. The van der Waals surface area contributed by atoms with E-state index < -0.39 is 17.4 Å². The van der Waals surface area contributed by atoms with E-state index >= 15 is 0 Å². The van der Waals surface area contributed by atoms with E-state index in [1.807, 2.05) is 0 Å². The highest BCUT2D eigenvalue weighted by Crippen LogP contribution is 2.29. The second-order valence-electron chi connectivity index (χ2n) is 6.66. The molecule has 0 radical (unpaired) electrons. The molecule has 0 aliphatic carbocycles. The van der Waals surface area contributed by atoms with E-state index in [4.69, 9.17) is 4.74 Å². The van der Waals surface area contributed by atoms with Crippen LogP contribution in [0.1, 0.15) is 6.92 Å². The Kier molecular flexibility index (Phi) is 4.31. The van der Waals surface area contributed by atoms with E-state index in [-0.39, 0.29) is 12.5 Å². The van der Waals surface area contributed by atoms with Crippen molar-refractivity contribution in [2.75, 3.05) is 4.90 Å². The molecule has 28 heavy (non-hydrogen) atoms. The normalized spacial score (nSPS) is 19.0. The Morgan fingerprint density at radius 2 is 1.89 bits per heavy atom. The maximum absolute atomic E-state index is 13.3. The third-order valence-corrected chi connectivity index (χ3v) is 4.43. The molecule has 2 aromatic carbocycles. The minimum atomic E-state index is -1.10. The Labute approximate surface area is 160 Å². The first kappa shape index (κ1) is 17.7. The number of nitrogens with zero attached hydrogens (tertiary/aromatic N) is 3. The van der Waals surface area contributed by atoms with Crippen LogP contribution in [0.4, 0.5) is 14.9 Å². The lowest BCUT2D eigenvalue weighted by molar-refractivity contribution is -0.122. The SMILES string of the molecule is CC1(Cn2cccn2)NC(=O)N(c2ccc(Oc3cccc(F)c3)cc2)C1=O. The Bertz CT molecular complexity index is 1020. The summed E-state index contributed by atoms with van der Waals surface area (Å²) in [6, 6.07) is 13.5. The van der Waals surface area contributed by atoms with Gasteiger partial charge in [0.2, 0.25) is 0 Å². The Balaban J connectivity index is 1.52. The van der Waals surface area contributed by atoms with Crippen molar-refractivity contribution in [2.24, 2.45) is 0 Å². The van der Waals surface area contributed by atoms with Gasteiger partial charge in [0.25, 0.3) is 5.91 Å². The van der Waals surface area contributed by atoms with Crippen LogP contribution in [0.5, 0.6) is 11.5 Å². The number of hydrogen-bond donors (Lipinski definition) is 1. The molecule has 8 heteroatoms. The molecule has 0 spiro atoms. The maximum atomic E-state index is 13.3. The lowest BCUT2D eigenvalue weighted by Crippen LogP contribution is -2.47. The van der Waals surface area contributed by atoms with Crippen molar-refractivity contribution in [1.82, 2.24) is 15.1 Å². The summed E-state index contributed by atoms with van der Waals surface area (Å²) in [5.41, 5.74) is -0.682. The number of imide groups is 1. The number of rotatable bonds is 5. The van der Waals surface area contributed by atoms with E-state index in [1.54, 1.807) is 66.5 Å². The maximum Gasteiger partial charge on any atom is 0.329 e. The summed E-state index contributed by atoms with van der Waals surface area (Å²) in [5.74, 6) is 0.0481. The number of nitrogens with one attached hydrogen (secondary N) is 1. The number of amides is 3. The second kappa shape index (κ2) is 6.80. The van der Waals surface area contributed by atoms with Crippen molar-refractivity contribution in [3.63, 3.8) is 0 Å². The lowest BCUT2D eigenvalue weighted by Gasteiger charge is -2.21. The third kappa shape index (κ3) is 3.32. The fourth-order valence-electron chi connectivity index (χ4n) is 3.07. The van der Waals surface area contributed by atoms with Gasteiger partial charge >= 0.3 is 6.03 Å². The molecule has 1 aliphatic rings. The van der Waals surface area contributed by atoms with Gasteiger partial charge in [-0.05, 0) is 49.4 Å². The first-order chi connectivity index (χ1) is 13.4. The fraction of sp³-hybridized carbons (Fsp3) is 0.150. The first-order valence-corrected chi connectivity index (χ1v) is 8.62. The number of urea groups is 1. The second-order valence-corrected chi connectivity index (χ2v) is 6.66. The van der Waals surface area contributed by atoms with Crippen molar-refractivity contribution in [2.45, 2.75) is 19.0 Å². The standard InChI is InChI=1S/C20H17FN4O3/c1-20(13-24-11-3-10-22-24)18(26)25(19(27)23-20)15-6-8-16(9-7-15)28-17-5-2-4-14(21)12-17/h2-12H,13H2,1H3,(H,23,27). The predicted molar refractivity (Wildman–Crippen MR) is 99.6 cm³/mol. The van der Waals surface area contributed by atoms with Gasteiger partial charge in [0.15, 0.2) is 0 Å². The summed E-state index contributed by atoms with van der Waals surface area (Å²) in [4.78, 5) is 26.4. The Morgan fingerprint density at radius 3 is 2.57 bits per heavy atom. The Morgan fingerprint density at radius 1 is 1.11 bits per heavy atom. The summed E-state index contributed by atoms with van der Waals surface area (Å²) in [6.07, 6.45) is 3.34. The largest absolute Gasteiger partial charge is 0.457 e. The van der Waals surface area contributed by atoms with Gasteiger partial charge in [0.1, 0.15) is 22.9 Å². The number of carbonyl (C=O) groups is 2. The summed E-state index contributed by atoms with van der Waals surface area (Å²) in [7, 11) is 0. The van der Waals surface area contributed by atoms with Gasteiger partial charge in [-0.1, -0.05) is 6.07 Å². The van der Waals surface area contributed by atoms with Crippen LogP contribution in [0.15, 0.2) is 67.0 Å². The number of ether oxygens (including phenoxy) is 1. The van der Waals surface area contributed by atoms with Gasteiger partial charge < -0.3 is 10.1 Å². The summed E-state index contributed by atoms with van der Waals surface area (Å²) >= 11 is 0. The zero-order chi connectivity index (χ0) is 19.7. The number of anilines is 1. The molecule has 2 heterocycles. The number of benzene rings is 2. The van der Waals surface area contributed by atoms with E-state index in [2.05, 4.69) is 10.4 Å². The van der Waals surface area contributed by atoms with E-state index in [0.29, 0.717) is 17.2 Å². The van der Waals surface area contributed by atoms with Crippen LogP contribution >= 0.6 is 0 Å². The topological polar surface area (TPSA) is 76.5 Å². The molecule has 1 aromatic heterocycles.